The average Bonchev–Trinajstić information content (AvgIpc) is 2.96. The molecule has 1 saturated heterocycles. The van der Waals surface area contributed by atoms with Gasteiger partial charge in [0.2, 0.25) is 5.91 Å². The number of hydrogen-bond donors (Lipinski definition) is 1. The summed E-state index contributed by atoms with van der Waals surface area (Å²) in [6.07, 6.45) is 2.47. The Morgan fingerprint density at radius 1 is 1.50 bits per heavy atom. The molecule has 3 fully saturated rings. The SMILES string of the molecule is NCC1C2CN(C3CC3)C(=O)C12. The molecule has 0 bridgehead atoms. The smallest absolute Gasteiger partial charge is 0.226 e. The monoisotopic (exact) mass is 166 g/mol. The van der Waals surface area contributed by atoms with E-state index in [1.807, 2.05) is 0 Å². The zero-order valence-corrected chi connectivity index (χ0v) is 7.07. The first-order valence-corrected chi connectivity index (χ1v) is 4.83. The van der Waals surface area contributed by atoms with Crippen molar-refractivity contribution in [3.63, 3.8) is 0 Å². The van der Waals surface area contributed by atoms with Crippen molar-refractivity contribution < 1.29 is 4.79 Å². The summed E-state index contributed by atoms with van der Waals surface area (Å²) < 4.78 is 0. The van der Waals surface area contributed by atoms with Crippen LogP contribution in [0.25, 0.3) is 0 Å². The summed E-state index contributed by atoms with van der Waals surface area (Å²) in [6.45, 7) is 1.72. The molecule has 2 saturated carbocycles. The molecular weight excluding hydrogens is 152 g/mol. The quantitative estimate of drug-likeness (QED) is 0.618. The molecule has 3 atom stereocenters. The Morgan fingerprint density at radius 3 is 2.67 bits per heavy atom. The molecule has 3 unspecified atom stereocenters. The van der Waals surface area contributed by atoms with E-state index in [-0.39, 0.29) is 0 Å². The molecule has 0 radical (unpaired) electrons. The van der Waals surface area contributed by atoms with E-state index in [1.165, 1.54) is 12.8 Å². The number of likely N-dealkylation sites (tertiary alicyclic amines) is 1. The highest BCUT2D eigenvalue weighted by atomic mass is 16.2. The third-order valence-electron chi connectivity index (χ3n) is 3.57. The molecule has 1 heterocycles. The van der Waals surface area contributed by atoms with E-state index in [0.29, 0.717) is 36.2 Å². The van der Waals surface area contributed by atoms with Crippen molar-refractivity contribution in [1.82, 2.24) is 4.90 Å². The third-order valence-corrected chi connectivity index (χ3v) is 3.57. The van der Waals surface area contributed by atoms with Gasteiger partial charge in [0.25, 0.3) is 0 Å². The minimum absolute atomic E-state index is 0.329. The molecule has 2 aliphatic carbocycles. The number of hydrogen-bond acceptors (Lipinski definition) is 2. The van der Waals surface area contributed by atoms with Gasteiger partial charge >= 0.3 is 0 Å². The van der Waals surface area contributed by atoms with Gasteiger partial charge in [-0.05, 0) is 31.2 Å². The molecule has 1 amide bonds. The van der Waals surface area contributed by atoms with Crippen LogP contribution in [0.2, 0.25) is 0 Å². The predicted molar refractivity (Wildman–Crippen MR) is 44.3 cm³/mol. The molecule has 12 heavy (non-hydrogen) atoms. The van der Waals surface area contributed by atoms with Crippen LogP contribution >= 0.6 is 0 Å². The van der Waals surface area contributed by atoms with E-state index < -0.39 is 0 Å². The summed E-state index contributed by atoms with van der Waals surface area (Å²) in [5.41, 5.74) is 5.55. The summed E-state index contributed by atoms with van der Waals surface area (Å²) in [4.78, 5) is 13.8. The van der Waals surface area contributed by atoms with Gasteiger partial charge in [-0.15, -0.1) is 0 Å². The number of nitrogens with zero attached hydrogens (tertiary/aromatic N) is 1. The van der Waals surface area contributed by atoms with E-state index in [4.69, 9.17) is 5.73 Å². The summed E-state index contributed by atoms with van der Waals surface area (Å²) in [7, 11) is 0. The molecule has 66 valence electrons. The molecule has 1 aliphatic heterocycles. The van der Waals surface area contributed by atoms with Crippen LogP contribution in [0.1, 0.15) is 12.8 Å². The third kappa shape index (κ3) is 0.724. The fourth-order valence-corrected chi connectivity index (χ4v) is 2.61. The summed E-state index contributed by atoms with van der Waals surface area (Å²) in [5.74, 6) is 1.89. The Hall–Kier alpha value is -0.570. The number of rotatable bonds is 2. The maximum absolute atomic E-state index is 11.7. The molecule has 3 rings (SSSR count). The molecule has 0 aromatic rings. The van der Waals surface area contributed by atoms with E-state index in [2.05, 4.69) is 4.90 Å². The fourth-order valence-electron chi connectivity index (χ4n) is 2.61. The number of carbonyl (C=O) groups is 1. The van der Waals surface area contributed by atoms with E-state index >= 15 is 0 Å². The van der Waals surface area contributed by atoms with Crippen molar-refractivity contribution in [2.75, 3.05) is 13.1 Å². The minimum Gasteiger partial charge on any atom is -0.339 e. The van der Waals surface area contributed by atoms with Crippen molar-refractivity contribution in [2.45, 2.75) is 18.9 Å². The summed E-state index contributed by atoms with van der Waals surface area (Å²) >= 11 is 0. The predicted octanol–water partition coefficient (Wildman–Crippen LogP) is -0.188. The lowest BCUT2D eigenvalue weighted by Gasteiger charge is -2.18. The maximum atomic E-state index is 11.7. The Balaban J connectivity index is 1.72. The Kier molecular flexibility index (Phi) is 1.16. The van der Waals surface area contributed by atoms with Crippen molar-refractivity contribution >= 4 is 5.91 Å². The Bertz CT molecular complexity index is 237. The highest BCUT2D eigenvalue weighted by Crippen LogP contribution is 2.53. The van der Waals surface area contributed by atoms with Crippen LogP contribution in [0.4, 0.5) is 0 Å². The zero-order valence-electron chi connectivity index (χ0n) is 7.07. The van der Waals surface area contributed by atoms with Crippen LogP contribution in [0, 0.1) is 17.8 Å². The lowest BCUT2D eigenvalue weighted by atomic mass is 10.2. The first-order valence-electron chi connectivity index (χ1n) is 4.83. The summed E-state index contributed by atoms with van der Waals surface area (Å²) in [5, 5.41) is 0. The van der Waals surface area contributed by atoms with Crippen LogP contribution in [0.5, 0.6) is 0 Å². The van der Waals surface area contributed by atoms with Crippen molar-refractivity contribution in [1.29, 1.82) is 0 Å². The van der Waals surface area contributed by atoms with Crippen LogP contribution in [-0.2, 0) is 4.79 Å². The van der Waals surface area contributed by atoms with Gasteiger partial charge in [0.1, 0.15) is 0 Å². The first kappa shape index (κ1) is 6.89. The van der Waals surface area contributed by atoms with Crippen LogP contribution in [-0.4, -0.2) is 29.9 Å². The van der Waals surface area contributed by atoms with Crippen LogP contribution in [0.3, 0.4) is 0 Å². The highest BCUT2D eigenvalue weighted by Gasteiger charge is 2.62. The highest BCUT2D eigenvalue weighted by molar-refractivity contribution is 5.85. The van der Waals surface area contributed by atoms with Gasteiger partial charge in [-0.3, -0.25) is 4.79 Å². The van der Waals surface area contributed by atoms with E-state index in [1.54, 1.807) is 0 Å². The number of carbonyl (C=O) groups excluding carboxylic acids is 1. The number of piperidine rings is 1. The Morgan fingerprint density at radius 2 is 2.25 bits per heavy atom. The second kappa shape index (κ2) is 2.02. The normalized spacial score (nSPS) is 44.9. The van der Waals surface area contributed by atoms with Crippen molar-refractivity contribution in [3.8, 4) is 0 Å². The zero-order chi connectivity index (χ0) is 8.29. The molecule has 3 aliphatic rings. The minimum atomic E-state index is 0.329. The van der Waals surface area contributed by atoms with Crippen LogP contribution in [0.15, 0.2) is 0 Å². The van der Waals surface area contributed by atoms with Gasteiger partial charge in [-0.2, -0.15) is 0 Å². The summed E-state index contributed by atoms with van der Waals surface area (Å²) in [6, 6.07) is 0.615. The van der Waals surface area contributed by atoms with Gasteiger partial charge in [-0.25, -0.2) is 0 Å². The second-order valence-electron chi connectivity index (χ2n) is 4.31. The molecule has 0 spiro atoms. The fraction of sp³-hybridized carbons (Fsp3) is 0.889. The van der Waals surface area contributed by atoms with Gasteiger partial charge in [0.05, 0.1) is 0 Å². The van der Waals surface area contributed by atoms with Gasteiger partial charge in [0.15, 0.2) is 0 Å². The Labute approximate surface area is 71.9 Å². The molecule has 2 N–H and O–H groups in total. The second-order valence-corrected chi connectivity index (χ2v) is 4.31. The molecular formula is C9H14N2O. The molecule has 0 aromatic heterocycles. The van der Waals surface area contributed by atoms with Crippen molar-refractivity contribution in [2.24, 2.45) is 23.5 Å². The molecule has 3 nitrogen and oxygen atoms in total. The molecule has 3 heteroatoms. The largest absolute Gasteiger partial charge is 0.339 e. The first-order chi connectivity index (χ1) is 5.83. The van der Waals surface area contributed by atoms with Gasteiger partial charge < -0.3 is 10.6 Å². The number of nitrogens with two attached hydrogens (primary N) is 1. The average molecular weight is 166 g/mol. The van der Waals surface area contributed by atoms with Crippen molar-refractivity contribution in [3.05, 3.63) is 0 Å². The van der Waals surface area contributed by atoms with E-state index in [0.717, 1.165) is 6.54 Å². The molecule has 0 aromatic carbocycles. The van der Waals surface area contributed by atoms with Gasteiger partial charge in [0, 0.05) is 18.5 Å². The van der Waals surface area contributed by atoms with E-state index in [9.17, 15) is 4.79 Å². The van der Waals surface area contributed by atoms with Gasteiger partial charge in [-0.1, -0.05) is 0 Å². The number of amides is 1. The maximum Gasteiger partial charge on any atom is 0.226 e. The number of fused-ring (bicyclic) bond motifs is 1. The standard InChI is InChI=1S/C9H14N2O/c10-3-6-7-4-11(5-1-2-5)9(12)8(6)7/h5-8H,1-4,10H2. The lowest BCUT2D eigenvalue weighted by Crippen LogP contribution is -2.33. The lowest BCUT2D eigenvalue weighted by molar-refractivity contribution is -0.131. The van der Waals surface area contributed by atoms with Crippen LogP contribution < -0.4 is 5.73 Å². The topological polar surface area (TPSA) is 46.3 Å².